The van der Waals surface area contributed by atoms with Crippen molar-refractivity contribution in [3.63, 3.8) is 0 Å². The summed E-state index contributed by atoms with van der Waals surface area (Å²) in [7, 11) is -3.59. The third-order valence-electron chi connectivity index (χ3n) is 3.47. The van der Waals surface area contributed by atoms with Crippen molar-refractivity contribution in [1.82, 2.24) is 9.88 Å². The summed E-state index contributed by atoms with van der Waals surface area (Å²) in [5, 5.41) is 3.80. The van der Waals surface area contributed by atoms with Crippen LogP contribution < -0.4 is 10.5 Å². The highest BCUT2D eigenvalue weighted by molar-refractivity contribution is 7.89. The van der Waals surface area contributed by atoms with Gasteiger partial charge in [0.1, 0.15) is 5.76 Å². The van der Waals surface area contributed by atoms with E-state index in [1.807, 2.05) is 6.92 Å². The molecule has 0 unspecified atom stereocenters. The number of nitrogens with one attached hydrogen (secondary N) is 1. The number of aryl methyl sites for hydroxylation is 3. The molecule has 7 heteroatoms. The molecule has 0 saturated heterocycles. The van der Waals surface area contributed by atoms with Crippen LogP contribution in [0.3, 0.4) is 0 Å². The van der Waals surface area contributed by atoms with E-state index in [-0.39, 0.29) is 11.4 Å². The zero-order valence-electron chi connectivity index (χ0n) is 12.3. The van der Waals surface area contributed by atoms with Crippen LogP contribution in [0.15, 0.2) is 27.6 Å². The first-order valence-corrected chi connectivity index (χ1v) is 8.04. The van der Waals surface area contributed by atoms with Gasteiger partial charge in [-0.2, -0.15) is 0 Å². The number of hydrogen-bond donors (Lipinski definition) is 2. The van der Waals surface area contributed by atoms with E-state index >= 15 is 0 Å². The summed E-state index contributed by atoms with van der Waals surface area (Å²) in [5.41, 5.74) is 8.84. The zero-order chi connectivity index (χ0) is 15.6. The Morgan fingerprint density at radius 1 is 1.29 bits per heavy atom. The maximum absolute atomic E-state index is 12.3. The van der Waals surface area contributed by atoms with Crippen LogP contribution in [0.4, 0.5) is 0 Å². The molecule has 0 aliphatic carbocycles. The van der Waals surface area contributed by atoms with Crippen molar-refractivity contribution in [2.45, 2.75) is 38.8 Å². The summed E-state index contributed by atoms with van der Waals surface area (Å²) in [6.07, 6.45) is 0. The second kappa shape index (κ2) is 5.97. The van der Waals surface area contributed by atoms with Gasteiger partial charge in [0.05, 0.1) is 10.6 Å². The summed E-state index contributed by atoms with van der Waals surface area (Å²) in [6, 6.07) is 4.93. The molecular formula is C14H19N3O3S. The average Bonchev–Trinajstić information content (AvgIpc) is 2.76. The lowest BCUT2D eigenvalue weighted by Gasteiger charge is -2.09. The molecule has 6 nitrogen and oxygen atoms in total. The third-order valence-corrected chi connectivity index (χ3v) is 4.87. The van der Waals surface area contributed by atoms with Gasteiger partial charge >= 0.3 is 0 Å². The molecule has 0 radical (unpaired) electrons. The minimum absolute atomic E-state index is 0.148. The topological polar surface area (TPSA) is 98.2 Å². The number of nitrogens with zero attached hydrogens (tertiary/aromatic N) is 1. The standard InChI is InChI=1S/C14H19N3O3S/c1-9-4-5-13(6-12(9)7-15)21(18,19)16-8-14-10(2)17-20-11(14)3/h4-6,16H,7-8,15H2,1-3H3. The molecule has 1 heterocycles. The van der Waals surface area contributed by atoms with Crippen LogP contribution in [0.1, 0.15) is 28.1 Å². The van der Waals surface area contributed by atoms with Crippen molar-refractivity contribution >= 4 is 10.0 Å². The highest BCUT2D eigenvalue weighted by Gasteiger charge is 2.17. The van der Waals surface area contributed by atoms with E-state index in [1.54, 1.807) is 32.0 Å². The van der Waals surface area contributed by atoms with Crippen molar-refractivity contribution in [2.24, 2.45) is 5.73 Å². The predicted molar refractivity (Wildman–Crippen MR) is 79.1 cm³/mol. The Morgan fingerprint density at radius 2 is 2.00 bits per heavy atom. The van der Waals surface area contributed by atoms with Gasteiger partial charge < -0.3 is 10.3 Å². The quantitative estimate of drug-likeness (QED) is 0.873. The van der Waals surface area contributed by atoms with Crippen LogP contribution in [0.25, 0.3) is 0 Å². The molecule has 0 bridgehead atoms. The lowest BCUT2D eigenvalue weighted by Crippen LogP contribution is -2.24. The van der Waals surface area contributed by atoms with Crippen LogP contribution in [0.5, 0.6) is 0 Å². The zero-order valence-corrected chi connectivity index (χ0v) is 13.1. The van der Waals surface area contributed by atoms with Gasteiger partial charge in [0.25, 0.3) is 0 Å². The van der Waals surface area contributed by atoms with Gasteiger partial charge in [0.15, 0.2) is 0 Å². The van der Waals surface area contributed by atoms with Crippen LogP contribution in [0, 0.1) is 20.8 Å². The first-order valence-electron chi connectivity index (χ1n) is 6.56. The number of benzene rings is 1. The maximum atomic E-state index is 12.3. The fourth-order valence-electron chi connectivity index (χ4n) is 2.04. The summed E-state index contributed by atoms with van der Waals surface area (Å²) in [4.78, 5) is 0.209. The van der Waals surface area contributed by atoms with Gasteiger partial charge in [-0.25, -0.2) is 13.1 Å². The van der Waals surface area contributed by atoms with Gasteiger partial charge in [-0.15, -0.1) is 0 Å². The molecule has 2 rings (SSSR count). The summed E-state index contributed by atoms with van der Waals surface area (Å²) in [5.74, 6) is 0.613. The van der Waals surface area contributed by atoms with E-state index in [0.29, 0.717) is 18.0 Å². The fraction of sp³-hybridized carbons (Fsp3) is 0.357. The van der Waals surface area contributed by atoms with Gasteiger partial charge in [0.2, 0.25) is 10.0 Å². The molecule has 0 fully saturated rings. The summed E-state index contributed by atoms with van der Waals surface area (Å²) >= 11 is 0. The first-order chi connectivity index (χ1) is 9.85. The van der Waals surface area contributed by atoms with Crippen LogP contribution in [-0.2, 0) is 23.1 Å². The van der Waals surface area contributed by atoms with Crippen molar-refractivity contribution in [3.8, 4) is 0 Å². The van der Waals surface area contributed by atoms with Crippen LogP contribution in [-0.4, -0.2) is 13.6 Å². The van der Waals surface area contributed by atoms with Crippen molar-refractivity contribution < 1.29 is 12.9 Å². The number of rotatable bonds is 5. The molecule has 0 saturated carbocycles. The Morgan fingerprint density at radius 3 is 2.57 bits per heavy atom. The van der Waals surface area contributed by atoms with E-state index in [1.165, 1.54) is 0 Å². The van der Waals surface area contributed by atoms with E-state index < -0.39 is 10.0 Å². The second-order valence-electron chi connectivity index (χ2n) is 4.92. The van der Waals surface area contributed by atoms with Crippen molar-refractivity contribution in [1.29, 1.82) is 0 Å². The fourth-order valence-corrected chi connectivity index (χ4v) is 3.09. The molecule has 1 aromatic heterocycles. The monoisotopic (exact) mass is 309 g/mol. The van der Waals surface area contributed by atoms with Gasteiger partial charge in [-0.1, -0.05) is 11.2 Å². The van der Waals surface area contributed by atoms with Gasteiger partial charge in [-0.05, 0) is 44.0 Å². The lowest BCUT2D eigenvalue weighted by atomic mass is 10.1. The molecule has 0 aliphatic rings. The third kappa shape index (κ3) is 3.31. The predicted octanol–water partition coefficient (Wildman–Crippen LogP) is 1.54. The molecule has 0 amide bonds. The highest BCUT2D eigenvalue weighted by Crippen LogP contribution is 2.17. The van der Waals surface area contributed by atoms with Crippen molar-refractivity contribution in [3.05, 3.63) is 46.3 Å². The smallest absolute Gasteiger partial charge is 0.240 e. The largest absolute Gasteiger partial charge is 0.361 e. The molecule has 3 N–H and O–H groups in total. The summed E-state index contributed by atoms with van der Waals surface area (Å²) in [6.45, 7) is 5.88. The number of sulfonamides is 1. The number of aromatic nitrogens is 1. The lowest BCUT2D eigenvalue weighted by molar-refractivity contribution is 0.392. The molecule has 114 valence electrons. The highest BCUT2D eigenvalue weighted by atomic mass is 32.2. The SMILES string of the molecule is Cc1ccc(S(=O)(=O)NCc2c(C)noc2C)cc1CN. The molecule has 0 spiro atoms. The van der Waals surface area contributed by atoms with E-state index in [9.17, 15) is 8.42 Å². The molecule has 0 atom stereocenters. The molecule has 1 aromatic carbocycles. The van der Waals surface area contributed by atoms with Crippen LogP contribution in [0.2, 0.25) is 0 Å². The Bertz CT molecular complexity index is 731. The first kappa shape index (κ1) is 15.7. The maximum Gasteiger partial charge on any atom is 0.240 e. The van der Waals surface area contributed by atoms with Crippen LogP contribution >= 0.6 is 0 Å². The van der Waals surface area contributed by atoms with E-state index in [0.717, 1.165) is 16.7 Å². The number of hydrogen-bond acceptors (Lipinski definition) is 5. The Hall–Kier alpha value is -1.70. The Labute approximate surface area is 124 Å². The van der Waals surface area contributed by atoms with Gasteiger partial charge in [0, 0.05) is 18.7 Å². The normalized spacial score (nSPS) is 11.8. The Balaban J connectivity index is 2.23. The molecular weight excluding hydrogens is 290 g/mol. The van der Waals surface area contributed by atoms with E-state index in [2.05, 4.69) is 9.88 Å². The molecule has 0 aliphatic heterocycles. The minimum atomic E-state index is -3.59. The van der Waals surface area contributed by atoms with Gasteiger partial charge in [-0.3, -0.25) is 0 Å². The average molecular weight is 309 g/mol. The molecule has 2 aromatic rings. The van der Waals surface area contributed by atoms with E-state index in [4.69, 9.17) is 10.3 Å². The summed E-state index contributed by atoms with van der Waals surface area (Å²) < 4.78 is 32.2. The second-order valence-corrected chi connectivity index (χ2v) is 6.69. The minimum Gasteiger partial charge on any atom is -0.361 e. The number of nitrogens with two attached hydrogens (primary N) is 1. The Kier molecular flexibility index (Phi) is 4.46. The molecule has 21 heavy (non-hydrogen) atoms. The van der Waals surface area contributed by atoms with Crippen molar-refractivity contribution in [2.75, 3.05) is 0 Å².